The first-order valence-electron chi connectivity index (χ1n) is 8.52. The highest BCUT2D eigenvalue weighted by Gasteiger charge is 2.22. The van der Waals surface area contributed by atoms with Crippen molar-refractivity contribution in [2.24, 2.45) is 5.92 Å². The average molecular weight is 347 g/mol. The molecular weight excluding hydrogens is 324 g/mol. The Morgan fingerprint density at radius 1 is 1.42 bits per heavy atom. The second-order valence-electron chi connectivity index (χ2n) is 6.69. The highest BCUT2D eigenvalue weighted by Crippen LogP contribution is 2.29. The fraction of sp³-hybridized carbons (Fsp3) is 0.474. The van der Waals surface area contributed by atoms with Crippen LogP contribution in [0.5, 0.6) is 0 Å². The van der Waals surface area contributed by atoms with Gasteiger partial charge in [-0.05, 0) is 50.3 Å². The molecular formula is C19H23ClN2O2. The van der Waals surface area contributed by atoms with Gasteiger partial charge in [-0.25, -0.2) is 4.98 Å². The summed E-state index contributed by atoms with van der Waals surface area (Å²) in [6, 6.07) is 8.07. The lowest BCUT2D eigenvalue weighted by atomic mass is 9.93. The molecule has 1 saturated heterocycles. The van der Waals surface area contributed by atoms with Crippen molar-refractivity contribution in [3.8, 4) is 0 Å². The van der Waals surface area contributed by atoms with E-state index in [2.05, 4.69) is 11.0 Å². The quantitative estimate of drug-likeness (QED) is 0.878. The molecule has 24 heavy (non-hydrogen) atoms. The number of halogens is 1. The zero-order valence-electron chi connectivity index (χ0n) is 14.0. The number of carboxylic acids is 1. The van der Waals surface area contributed by atoms with E-state index in [0.29, 0.717) is 5.92 Å². The Kier molecular flexibility index (Phi) is 5.36. The summed E-state index contributed by atoms with van der Waals surface area (Å²) in [6.45, 7) is 4.72. The van der Waals surface area contributed by atoms with Gasteiger partial charge < -0.3 is 5.11 Å². The van der Waals surface area contributed by atoms with E-state index in [-0.39, 0.29) is 6.42 Å². The Bertz CT molecular complexity index is 747. The number of likely N-dealkylation sites (tertiary alicyclic amines) is 1. The normalized spacial score (nSPS) is 18.8. The van der Waals surface area contributed by atoms with Crippen LogP contribution in [0, 0.1) is 12.8 Å². The molecule has 1 unspecified atom stereocenters. The van der Waals surface area contributed by atoms with Crippen LogP contribution in [0.2, 0.25) is 5.02 Å². The number of aromatic nitrogens is 1. The Morgan fingerprint density at radius 3 is 3.00 bits per heavy atom. The number of nitrogens with zero attached hydrogens (tertiary/aromatic N) is 2. The Labute approximate surface area is 147 Å². The highest BCUT2D eigenvalue weighted by molar-refractivity contribution is 6.32. The molecule has 0 saturated carbocycles. The SMILES string of the molecule is Cc1c(Cl)c(CN2CCCC(CCC(=O)O)C2)nc2ccccc12. The largest absolute Gasteiger partial charge is 0.481 e. The lowest BCUT2D eigenvalue weighted by Gasteiger charge is -2.32. The van der Waals surface area contributed by atoms with Gasteiger partial charge in [0, 0.05) is 24.9 Å². The molecule has 3 rings (SSSR count). The van der Waals surface area contributed by atoms with Crippen molar-refractivity contribution in [3.63, 3.8) is 0 Å². The number of aliphatic carboxylic acids is 1. The van der Waals surface area contributed by atoms with Gasteiger partial charge in [0.05, 0.1) is 16.2 Å². The predicted molar refractivity (Wildman–Crippen MR) is 96.4 cm³/mol. The first-order chi connectivity index (χ1) is 11.5. The Balaban J connectivity index is 1.74. The highest BCUT2D eigenvalue weighted by atomic mass is 35.5. The predicted octanol–water partition coefficient (Wildman–Crippen LogP) is 4.27. The van der Waals surface area contributed by atoms with E-state index < -0.39 is 5.97 Å². The summed E-state index contributed by atoms with van der Waals surface area (Å²) < 4.78 is 0. The smallest absolute Gasteiger partial charge is 0.303 e. The fourth-order valence-corrected chi connectivity index (χ4v) is 3.80. The van der Waals surface area contributed by atoms with Gasteiger partial charge in [0.15, 0.2) is 0 Å². The number of fused-ring (bicyclic) bond motifs is 1. The van der Waals surface area contributed by atoms with Crippen LogP contribution in [0.4, 0.5) is 0 Å². The third-order valence-electron chi connectivity index (χ3n) is 4.89. The zero-order chi connectivity index (χ0) is 17.1. The standard InChI is InChI=1S/C19H23ClN2O2/c1-13-15-6-2-3-7-16(15)21-17(19(13)20)12-22-10-4-5-14(11-22)8-9-18(23)24/h2-3,6-7,14H,4-5,8-12H2,1H3,(H,23,24). The first kappa shape index (κ1) is 17.2. The molecule has 0 radical (unpaired) electrons. The molecule has 0 bridgehead atoms. The number of aryl methyl sites for hydroxylation is 1. The molecule has 1 aliphatic heterocycles. The number of hydrogen-bond donors (Lipinski definition) is 1. The minimum Gasteiger partial charge on any atom is -0.481 e. The van der Waals surface area contributed by atoms with E-state index in [1.54, 1.807) is 0 Å². The molecule has 1 atom stereocenters. The molecule has 0 aliphatic carbocycles. The van der Waals surface area contributed by atoms with E-state index in [0.717, 1.165) is 66.1 Å². The third-order valence-corrected chi connectivity index (χ3v) is 5.39. The van der Waals surface area contributed by atoms with Gasteiger partial charge >= 0.3 is 5.97 Å². The Morgan fingerprint density at radius 2 is 2.21 bits per heavy atom. The van der Waals surface area contributed by atoms with Crippen molar-refractivity contribution in [1.82, 2.24) is 9.88 Å². The van der Waals surface area contributed by atoms with E-state index in [9.17, 15) is 4.79 Å². The Hall–Kier alpha value is -1.65. The maximum atomic E-state index is 10.8. The molecule has 5 heteroatoms. The maximum Gasteiger partial charge on any atom is 0.303 e. The van der Waals surface area contributed by atoms with Crippen molar-refractivity contribution >= 4 is 28.5 Å². The van der Waals surface area contributed by atoms with E-state index in [1.165, 1.54) is 0 Å². The van der Waals surface area contributed by atoms with Gasteiger partial charge in [0.2, 0.25) is 0 Å². The van der Waals surface area contributed by atoms with Crippen molar-refractivity contribution in [2.45, 2.75) is 39.2 Å². The summed E-state index contributed by atoms with van der Waals surface area (Å²) in [5.41, 5.74) is 2.98. The number of benzene rings is 1. The molecule has 1 aliphatic rings. The van der Waals surface area contributed by atoms with Crippen LogP contribution in [0.3, 0.4) is 0 Å². The lowest BCUT2D eigenvalue weighted by Crippen LogP contribution is -2.35. The van der Waals surface area contributed by atoms with Crippen LogP contribution in [0.1, 0.15) is 36.9 Å². The van der Waals surface area contributed by atoms with Gasteiger partial charge in [-0.3, -0.25) is 9.69 Å². The number of piperidine rings is 1. The number of carbonyl (C=O) groups is 1. The second-order valence-corrected chi connectivity index (χ2v) is 7.07. The molecule has 1 fully saturated rings. The topological polar surface area (TPSA) is 53.4 Å². The van der Waals surface area contributed by atoms with Crippen molar-refractivity contribution in [1.29, 1.82) is 0 Å². The number of rotatable bonds is 5. The summed E-state index contributed by atoms with van der Waals surface area (Å²) in [6.07, 6.45) is 3.23. The van der Waals surface area contributed by atoms with Crippen LogP contribution < -0.4 is 0 Å². The van der Waals surface area contributed by atoms with Gasteiger partial charge in [-0.1, -0.05) is 29.8 Å². The fourth-order valence-electron chi connectivity index (χ4n) is 3.59. The minimum atomic E-state index is -0.706. The summed E-state index contributed by atoms with van der Waals surface area (Å²) >= 11 is 6.56. The molecule has 0 amide bonds. The van der Waals surface area contributed by atoms with E-state index in [1.807, 2.05) is 25.1 Å². The molecule has 0 spiro atoms. The van der Waals surface area contributed by atoms with Crippen LogP contribution in [-0.2, 0) is 11.3 Å². The number of hydrogen-bond acceptors (Lipinski definition) is 3. The lowest BCUT2D eigenvalue weighted by molar-refractivity contribution is -0.137. The van der Waals surface area contributed by atoms with Crippen molar-refractivity contribution < 1.29 is 9.90 Å². The monoisotopic (exact) mass is 346 g/mol. The number of carboxylic acid groups (broad SMARTS) is 1. The summed E-state index contributed by atoms with van der Waals surface area (Å²) in [4.78, 5) is 17.9. The number of para-hydroxylation sites is 1. The van der Waals surface area contributed by atoms with Gasteiger partial charge in [0.1, 0.15) is 0 Å². The molecule has 128 valence electrons. The second kappa shape index (κ2) is 7.49. The van der Waals surface area contributed by atoms with E-state index in [4.69, 9.17) is 21.7 Å². The van der Waals surface area contributed by atoms with Crippen molar-refractivity contribution in [2.75, 3.05) is 13.1 Å². The molecule has 2 aromatic rings. The summed E-state index contributed by atoms with van der Waals surface area (Å²) in [5.74, 6) is -0.253. The van der Waals surface area contributed by atoms with Crippen LogP contribution >= 0.6 is 11.6 Å². The van der Waals surface area contributed by atoms with E-state index >= 15 is 0 Å². The van der Waals surface area contributed by atoms with Gasteiger partial charge in [0.25, 0.3) is 0 Å². The van der Waals surface area contributed by atoms with Crippen LogP contribution in [0.25, 0.3) is 10.9 Å². The molecule has 4 nitrogen and oxygen atoms in total. The molecule has 2 heterocycles. The number of pyridine rings is 1. The van der Waals surface area contributed by atoms with Crippen LogP contribution in [0.15, 0.2) is 24.3 Å². The first-order valence-corrected chi connectivity index (χ1v) is 8.90. The molecule has 1 aromatic heterocycles. The van der Waals surface area contributed by atoms with Crippen molar-refractivity contribution in [3.05, 3.63) is 40.5 Å². The van der Waals surface area contributed by atoms with Crippen LogP contribution in [-0.4, -0.2) is 34.0 Å². The third kappa shape index (κ3) is 3.87. The average Bonchev–Trinajstić information content (AvgIpc) is 2.58. The summed E-state index contributed by atoms with van der Waals surface area (Å²) in [7, 11) is 0. The minimum absolute atomic E-state index is 0.257. The van der Waals surface area contributed by atoms with Gasteiger partial charge in [-0.2, -0.15) is 0 Å². The maximum absolute atomic E-state index is 10.8. The molecule has 1 aromatic carbocycles. The summed E-state index contributed by atoms with van der Waals surface area (Å²) in [5, 5.41) is 10.7. The zero-order valence-corrected chi connectivity index (χ0v) is 14.7. The van der Waals surface area contributed by atoms with Gasteiger partial charge in [-0.15, -0.1) is 0 Å². The molecule has 1 N–H and O–H groups in total.